The minimum absolute atomic E-state index is 0.101. The van der Waals surface area contributed by atoms with Crippen molar-refractivity contribution < 1.29 is 0 Å². The van der Waals surface area contributed by atoms with E-state index in [4.69, 9.17) is 4.98 Å². The van der Waals surface area contributed by atoms with E-state index < -0.39 is 0 Å². The van der Waals surface area contributed by atoms with Crippen LogP contribution in [0.25, 0.3) is 71.6 Å². The lowest BCUT2D eigenvalue weighted by Crippen LogP contribution is -2.31. The number of imidazole rings is 1. The second-order valence-electron chi connectivity index (χ2n) is 12.7. The van der Waals surface area contributed by atoms with E-state index in [0.717, 1.165) is 33.7 Å². The van der Waals surface area contributed by atoms with Crippen molar-refractivity contribution in [1.29, 1.82) is 0 Å². The fraction of sp³-hybridized carbons (Fsp3) is 0.0256. The third-order valence-electron chi connectivity index (χ3n) is 8.75. The molecular formula is C39H30B3N3. The van der Waals surface area contributed by atoms with Crippen molar-refractivity contribution in [2.75, 3.05) is 0 Å². The van der Waals surface area contributed by atoms with Gasteiger partial charge in [-0.15, -0.1) is 0 Å². The van der Waals surface area contributed by atoms with Gasteiger partial charge >= 0.3 is 0 Å². The average Bonchev–Trinajstić information content (AvgIpc) is 3.49. The van der Waals surface area contributed by atoms with Crippen LogP contribution < -0.4 is 0 Å². The van der Waals surface area contributed by atoms with Crippen molar-refractivity contribution in [2.24, 2.45) is 0 Å². The Morgan fingerprint density at radius 3 is 1.53 bits per heavy atom. The van der Waals surface area contributed by atoms with Crippen molar-refractivity contribution in [1.82, 2.24) is 14.5 Å². The lowest BCUT2D eigenvalue weighted by molar-refractivity contribution is 0.929. The summed E-state index contributed by atoms with van der Waals surface area (Å²) in [4.78, 5) is 9.35. The SMILES string of the molecule is BC(B)(B)c1nc2ccccc2n1-c1ccc(-c2c3ccccc3c(-c3ccc(-c4cccnc4)cc3)c3ccccc23)cc1. The van der Waals surface area contributed by atoms with Crippen molar-refractivity contribution in [2.45, 2.75) is 5.11 Å². The van der Waals surface area contributed by atoms with Crippen LogP contribution in [-0.2, 0) is 5.11 Å². The fourth-order valence-electron chi connectivity index (χ4n) is 6.68. The van der Waals surface area contributed by atoms with E-state index in [-0.39, 0.29) is 5.11 Å². The van der Waals surface area contributed by atoms with E-state index in [1.54, 1.807) is 0 Å². The second-order valence-corrected chi connectivity index (χ2v) is 12.7. The highest BCUT2D eigenvalue weighted by atomic mass is 15.1. The molecule has 8 rings (SSSR count). The Balaban J connectivity index is 1.30. The molecule has 0 aliphatic carbocycles. The lowest BCUT2D eigenvalue weighted by Gasteiger charge is -2.21. The van der Waals surface area contributed by atoms with Gasteiger partial charge in [0.15, 0.2) is 0 Å². The molecule has 0 amide bonds. The molecule has 2 aromatic heterocycles. The number of fused-ring (bicyclic) bond motifs is 3. The van der Waals surface area contributed by atoms with Gasteiger partial charge in [0.2, 0.25) is 0 Å². The van der Waals surface area contributed by atoms with Crippen molar-refractivity contribution in [3.8, 4) is 39.1 Å². The molecule has 0 N–H and O–H groups in total. The molecule has 210 valence electrons. The predicted molar refractivity (Wildman–Crippen MR) is 197 cm³/mol. The monoisotopic (exact) mass is 573 g/mol. The minimum atomic E-state index is -0.101. The number of para-hydroxylation sites is 2. The Morgan fingerprint density at radius 1 is 0.489 bits per heavy atom. The number of hydrogen-bond donors (Lipinski definition) is 0. The smallest absolute Gasteiger partial charge is 0.0994 e. The van der Waals surface area contributed by atoms with Gasteiger partial charge in [-0.3, -0.25) is 9.55 Å². The number of hydrogen-bond acceptors (Lipinski definition) is 2. The zero-order valence-corrected chi connectivity index (χ0v) is 25.7. The molecule has 3 nitrogen and oxygen atoms in total. The zero-order valence-electron chi connectivity index (χ0n) is 25.7. The van der Waals surface area contributed by atoms with Gasteiger partial charge in [0.1, 0.15) is 0 Å². The van der Waals surface area contributed by atoms with E-state index in [9.17, 15) is 0 Å². The van der Waals surface area contributed by atoms with Crippen molar-refractivity contribution in [3.05, 3.63) is 152 Å². The van der Waals surface area contributed by atoms with E-state index in [1.807, 2.05) is 18.5 Å². The number of aromatic nitrogens is 3. The van der Waals surface area contributed by atoms with Gasteiger partial charge in [-0.25, -0.2) is 4.98 Å². The highest BCUT2D eigenvalue weighted by molar-refractivity contribution is 6.58. The highest BCUT2D eigenvalue weighted by Crippen LogP contribution is 2.44. The molecule has 0 spiro atoms. The van der Waals surface area contributed by atoms with Gasteiger partial charge in [-0.1, -0.05) is 108 Å². The van der Waals surface area contributed by atoms with Crippen LogP contribution in [0.15, 0.2) is 146 Å². The predicted octanol–water partition coefficient (Wildman–Crippen LogP) is 6.74. The first kappa shape index (κ1) is 27.2. The summed E-state index contributed by atoms with van der Waals surface area (Å²) in [5, 5.41) is 4.90. The molecule has 8 aromatic rings. The Kier molecular flexibility index (Phi) is 6.46. The first-order chi connectivity index (χ1) is 22.0. The van der Waals surface area contributed by atoms with Crippen molar-refractivity contribution >= 4 is 56.1 Å². The molecule has 0 aliphatic heterocycles. The topological polar surface area (TPSA) is 30.7 Å². The van der Waals surface area contributed by atoms with Gasteiger partial charge in [-0.05, 0) is 85.3 Å². The maximum atomic E-state index is 5.04. The van der Waals surface area contributed by atoms with Gasteiger partial charge in [-0.2, -0.15) is 0 Å². The quantitative estimate of drug-likeness (QED) is 0.169. The molecule has 0 saturated heterocycles. The number of nitrogens with zero attached hydrogens (tertiary/aromatic N) is 3. The molecule has 0 atom stereocenters. The van der Waals surface area contributed by atoms with Crippen molar-refractivity contribution in [3.63, 3.8) is 0 Å². The summed E-state index contributed by atoms with van der Waals surface area (Å²) in [7, 11) is 6.68. The van der Waals surface area contributed by atoms with E-state index in [1.165, 1.54) is 43.8 Å². The van der Waals surface area contributed by atoms with Crippen LogP contribution in [-0.4, -0.2) is 38.1 Å². The van der Waals surface area contributed by atoms with Crippen LogP contribution in [0.3, 0.4) is 0 Å². The van der Waals surface area contributed by atoms with E-state index in [0.29, 0.717) is 0 Å². The lowest BCUT2D eigenvalue weighted by atomic mass is 9.42. The molecule has 0 bridgehead atoms. The largest absolute Gasteiger partial charge is 0.298 e. The fourth-order valence-corrected chi connectivity index (χ4v) is 6.68. The maximum Gasteiger partial charge on any atom is 0.0994 e. The molecule has 6 heteroatoms. The second kappa shape index (κ2) is 10.7. The summed E-state index contributed by atoms with van der Waals surface area (Å²) in [6.45, 7) is 0. The molecule has 6 aromatic carbocycles. The molecule has 0 unspecified atom stereocenters. The third-order valence-corrected chi connectivity index (χ3v) is 8.75. The Labute approximate surface area is 265 Å². The summed E-state index contributed by atoms with van der Waals surface area (Å²) in [6, 6.07) is 48.1. The first-order valence-electron chi connectivity index (χ1n) is 15.5. The standard InChI is InChI=1S/C39H30B3N3/c40-39(41,42)38-44-34-13-5-6-14-35(34)45(38)29-21-19-27(20-22-29)37-32-11-3-1-9-30(32)36(31-10-2-4-12-33(31)37)26-17-15-25(16-18-26)28-8-7-23-43-24-28/h1-24H,40-42H2. The molecular weight excluding hydrogens is 543 g/mol. The Hall–Kier alpha value is -5.35. The number of rotatable bonds is 5. The highest BCUT2D eigenvalue weighted by Gasteiger charge is 2.24. The summed E-state index contributed by atoms with van der Waals surface area (Å²) in [5.41, 5.74) is 10.5. The summed E-state index contributed by atoms with van der Waals surface area (Å²) in [6.07, 6.45) is 3.73. The first-order valence-corrected chi connectivity index (χ1v) is 15.5. The molecule has 0 fully saturated rings. The molecule has 0 aliphatic rings. The summed E-state index contributed by atoms with van der Waals surface area (Å²) in [5.74, 6) is 1.06. The molecule has 2 heterocycles. The van der Waals surface area contributed by atoms with E-state index in [2.05, 4.69) is 160 Å². The van der Waals surface area contributed by atoms with Gasteiger partial charge < -0.3 is 0 Å². The summed E-state index contributed by atoms with van der Waals surface area (Å²) < 4.78 is 2.31. The third kappa shape index (κ3) is 4.65. The number of pyridine rings is 1. The minimum Gasteiger partial charge on any atom is -0.298 e. The Bertz CT molecular complexity index is 2280. The number of benzene rings is 6. The van der Waals surface area contributed by atoms with E-state index >= 15 is 0 Å². The molecule has 0 radical (unpaired) electrons. The summed E-state index contributed by atoms with van der Waals surface area (Å²) >= 11 is 0. The van der Waals surface area contributed by atoms with Crippen LogP contribution in [0.5, 0.6) is 0 Å². The van der Waals surface area contributed by atoms with Crippen LogP contribution in [0.2, 0.25) is 0 Å². The van der Waals surface area contributed by atoms with Crippen LogP contribution in [0.4, 0.5) is 0 Å². The van der Waals surface area contributed by atoms with Crippen LogP contribution in [0.1, 0.15) is 5.82 Å². The Morgan fingerprint density at radius 2 is 1.00 bits per heavy atom. The van der Waals surface area contributed by atoms with Gasteiger partial charge in [0.25, 0.3) is 0 Å². The zero-order chi connectivity index (χ0) is 30.5. The molecule has 0 saturated carbocycles. The van der Waals surface area contributed by atoms with Crippen LogP contribution in [0, 0.1) is 0 Å². The average molecular weight is 573 g/mol. The molecule has 45 heavy (non-hydrogen) atoms. The van der Waals surface area contributed by atoms with Crippen LogP contribution >= 0.6 is 0 Å². The van der Waals surface area contributed by atoms with Gasteiger partial charge in [0, 0.05) is 18.1 Å². The maximum absolute atomic E-state index is 5.04. The van der Waals surface area contributed by atoms with Gasteiger partial charge in [0.05, 0.1) is 40.4 Å². The normalized spacial score (nSPS) is 11.8.